The van der Waals surface area contributed by atoms with Crippen LogP contribution in [0.25, 0.3) is 21.7 Å². The standard InChI is InChI=1S/C17H8F6N.Ir/c1-8-6-11-13-12(15(18,19)17(22,23)16(13,20)21)7-24-14(11)10-5-3-2-4-9(8)10;/h2-4,6-7H,1H3;/q-1;. The maximum Gasteiger partial charge on any atom is 0.380 e. The number of rotatable bonds is 0. The van der Waals surface area contributed by atoms with Gasteiger partial charge in [-0.2, -0.15) is 26.3 Å². The Morgan fingerprint density at radius 3 is 2.36 bits per heavy atom. The van der Waals surface area contributed by atoms with Gasteiger partial charge in [-0.05, 0) is 17.8 Å². The van der Waals surface area contributed by atoms with Crippen LogP contribution in [0.2, 0.25) is 0 Å². The van der Waals surface area contributed by atoms with E-state index < -0.39 is 34.3 Å². The predicted octanol–water partition coefficient (Wildman–Crippen LogP) is 5.33. The molecule has 0 N–H and O–H groups in total. The summed E-state index contributed by atoms with van der Waals surface area (Å²) in [4.78, 5) is 3.77. The molecule has 0 saturated carbocycles. The zero-order valence-corrected chi connectivity index (χ0v) is 14.8. The van der Waals surface area contributed by atoms with Crippen LogP contribution in [0.15, 0.2) is 30.5 Å². The predicted molar refractivity (Wildman–Crippen MR) is 75.6 cm³/mol. The van der Waals surface area contributed by atoms with E-state index in [0.717, 1.165) is 0 Å². The van der Waals surface area contributed by atoms with Gasteiger partial charge in [0.25, 0.3) is 0 Å². The maximum absolute atomic E-state index is 14.2. The van der Waals surface area contributed by atoms with Crippen LogP contribution in [0.5, 0.6) is 0 Å². The van der Waals surface area contributed by atoms with E-state index in [1.165, 1.54) is 12.1 Å². The van der Waals surface area contributed by atoms with Crippen LogP contribution in [0.3, 0.4) is 0 Å². The number of alkyl halides is 6. The van der Waals surface area contributed by atoms with E-state index in [9.17, 15) is 26.3 Å². The number of halogens is 6. The van der Waals surface area contributed by atoms with Crippen LogP contribution in [0, 0.1) is 13.0 Å². The van der Waals surface area contributed by atoms with Crippen molar-refractivity contribution in [3.63, 3.8) is 0 Å². The zero-order chi connectivity index (χ0) is 17.5. The van der Waals surface area contributed by atoms with Gasteiger partial charge in [0.1, 0.15) is 0 Å². The molecule has 1 radical (unpaired) electrons. The Labute approximate surface area is 151 Å². The molecular weight excluding hydrogens is 524 g/mol. The van der Waals surface area contributed by atoms with E-state index in [1.54, 1.807) is 19.1 Å². The van der Waals surface area contributed by atoms with Crippen LogP contribution >= 0.6 is 0 Å². The van der Waals surface area contributed by atoms with Crippen LogP contribution in [-0.4, -0.2) is 10.9 Å². The second-order valence-corrected chi connectivity index (χ2v) is 5.82. The Kier molecular flexibility index (Phi) is 3.75. The minimum absolute atomic E-state index is 0. The molecule has 4 rings (SSSR count). The van der Waals surface area contributed by atoms with Gasteiger partial charge in [-0.1, -0.05) is 11.6 Å². The molecule has 1 aliphatic carbocycles. The fourth-order valence-electron chi connectivity index (χ4n) is 3.22. The largest absolute Gasteiger partial charge is 0.380 e. The first-order valence-electron chi connectivity index (χ1n) is 6.98. The number of fused-ring (bicyclic) bond motifs is 5. The number of pyridine rings is 1. The van der Waals surface area contributed by atoms with Crippen molar-refractivity contribution in [1.82, 2.24) is 4.98 Å². The van der Waals surface area contributed by atoms with Crippen molar-refractivity contribution in [2.75, 3.05) is 0 Å². The molecule has 25 heavy (non-hydrogen) atoms. The molecule has 8 heteroatoms. The topological polar surface area (TPSA) is 12.9 Å². The Morgan fingerprint density at radius 2 is 1.68 bits per heavy atom. The average Bonchev–Trinajstić information content (AvgIpc) is 2.63. The van der Waals surface area contributed by atoms with Crippen molar-refractivity contribution < 1.29 is 46.4 Å². The molecule has 0 fully saturated rings. The van der Waals surface area contributed by atoms with Crippen LogP contribution in [0.4, 0.5) is 26.3 Å². The third kappa shape index (κ3) is 1.98. The monoisotopic (exact) mass is 533 g/mol. The fourth-order valence-corrected chi connectivity index (χ4v) is 3.22. The number of aryl methyl sites for hydroxylation is 1. The minimum Gasteiger partial charge on any atom is -0.304 e. The molecule has 0 amide bonds. The third-order valence-corrected chi connectivity index (χ3v) is 4.44. The van der Waals surface area contributed by atoms with E-state index in [2.05, 4.69) is 11.1 Å². The van der Waals surface area contributed by atoms with E-state index in [4.69, 9.17) is 0 Å². The summed E-state index contributed by atoms with van der Waals surface area (Å²) in [5, 5.41) is 0.559. The second kappa shape index (κ2) is 5.17. The molecule has 0 spiro atoms. The molecule has 1 nitrogen and oxygen atoms in total. The first kappa shape index (κ1) is 18.1. The van der Waals surface area contributed by atoms with Crippen LogP contribution in [0.1, 0.15) is 16.7 Å². The van der Waals surface area contributed by atoms with Gasteiger partial charge in [-0.25, -0.2) is 0 Å². The van der Waals surface area contributed by atoms with E-state index in [1.807, 2.05) is 0 Å². The number of aromatic nitrogens is 1. The summed E-state index contributed by atoms with van der Waals surface area (Å²) in [6, 6.07) is 8.88. The van der Waals surface area contributed by atoms with E-state index >= 15 is 0 Å². The molecular formula is C17H8F6IrN-. The summed E-state index contributed by atoms with van der Waals surface area (Å²) >= 11 is 0. The summed E-state index contributed by atoms with van der Waals surface area (Å²) < 4.78 is 83.6. The summed E-state index contributed by atoms with van der Waals surface area (Å²) in [6.45, 7) is 1.58. The molecule has 0 saturated heterocycles. The van der Waals surface area contributed by atoms with E-state index in [0.29, 0.717) is 22.5 Å². The maximum atomic E-state index is 14.2. The van der Waals surface area contributed by atoms with Gasteiger partial charge in [0.2, 0.25) is 0 Å². The summed E-state index contributed by atoms with van der Waals surface area (Å²) in [5.74, 6) is -15.5. The Bertz CT molecular complexity index is 1010. The molecule has 1 aromatic heterocycles. The smallest absolute Gasteiger partial charge is 0.304 e. The normalized spacial score (nSPS) is 19.6. The van der Waals surface area contributed by atoms with Gasteiger partial charge in [-0.3, -0.25) is 0 Å². The molecule has 0 unspecified atom stereocenters. The number of nitrogens with zero attached hydrogens (tertiary/aromatic N) is 1. The average molecular weight is 532 g/mol. The van der Waals surface area contributed by atoms with Crippen molar-refractivity contribution >= 4 is 21.7 Å². The van der Waals surface area contributed by atoms with Crippen molar-refractivity contribution in [1.29, 1.82) is 0 Å². The van der Waals surface area contributed by atoms with Crippen molar-refractivity contribution in [3.05, 3.63) is 53.2 Å². The SMILES string of the molecule is Cc1cc2c3c(cnc2c2[c-]cccc12)C(F)(F)C(F)(F)C3(F)F.[Ir]. The molecule has 0 bridgehead atoms. The number of hydrogen-bond acceptors (Lipinski definition) is 1. The molecule has 3 aromatic rings. The summed E-state index contributed by atoms with van der Waals surface area (Å²) in [6.07, 6.45) is 0.419. The van der Waals surface area contributed by atoms with Gasteiger partial charge in [0.15, 0.2) is 0 Å². The van der Waals surface area contributed by atoms with E-state index in [-0.39, 0.29) is 25.6 Å². The van der Waals surface area contributed by atoms with Crippen molar-refractivity contribution in [2.24, 2.45) is 0 Å². The number of hydrogen-bond donors (Lipinski definition) is 0. The molecule has 133 valence electrons. The first-order chi connectivity index (χ1) is 11.1. The minimum atomic E-state index is -5.51. The van der Waals surface area contributed by atoms with Gasteiger partial charge >= 0.3 is 17.8 Å². The first-order valence-corrected chi connectivity index (χ1v) is 6.98. The van der Waals surface area contributed by atoms with Crippen LogP contribution < -0.4 is 0 Å². The Morgan fingerprint density at radius 1 is 1.00 bits per heavy atom. The Balaban J connectivity index is 0.00000182. The van der Waals surface area contributed by atoms with Gasteiger partial charge < -0.3 is 4.98 Å². The fraction of sp³-hybridized carbons (Fsp3) is 0.235. The Hall–Kier alpha value is -1.66. The summed E-state index contributed by atoms with van der Waals surface area (Å²) in [5.41, 5.74) is -2.36. The molecule has 1 aliphatic rings. The van der Waals surface area contributed by atoms with Crippen LogP contribution in [-0.2, 0) is 32.0 Å². The third-order valence-electron chi connectivity index (χ3n) is 4.44. The van der Waals surface area contributed by atoms with Crippen molar-refractivity contribution in [3.8, 4) is 0 Å². The molecule has 2 aromatic carbocycles. The molecule has 0 aliphatic heterocycles. The molecule has 1 heterocycles. The van der Waals surface area contributed by atoms with Gasteiger partial charge in [-0.15, -0.1) is 35.0 Å². The second-order valence-electron chi connectivity index (χ2n) is 5.82. The zero-order valence-electron chi connectivity index (χ0n) is 12.4. The number of benzene rings is 2. The van der Waals surface area contributed by atoms with Crippen molar-refractivity contribution in [2.45, 2.75) is 24.7 Å². The van der Waals surface area contributed by atoms with Gasteiger partial charge in [0, 0.05) is 31.9 Å². The van der Waals surface area contributed by atoms with Gasteiger partial charge in [0.05, 0.1) is 5.56 Å². The molecule has 0 atom stereocenters. The summed E-state index contributed by atoms with van der Waals surface area (Å²) in [7, 11) is 0. The quantitative estimate of drug-likeness (QED) is 0.217.